The highest BCUT2D eigenvalue weighted by atomic mass is 16.5. The zero-order valence-corrected chi connectivity index (χ0v) is 16.2. The number of aromatic nitrogens is 1. The number of amides is 3. The number of carbonyl (C=O) groups excluding carboxylic acids is 2. The van der Waals surface area contributed by atoms with E-state index in [2.05, 4.69) is 5.16 Å². The topological polar surface area (TPSA) is 79.1 Å². The first kappa shape index (κ1) is 18.3. The number of hydrogen-bond acceptors (Lipinski definition) is 5. The molecule has 0 aromatic carbocycles. The highest BCUT2D eigenvalue weighted by Crippen LogP contribution is 2.42. The van der Waals surface area contributed by atoms with Crippen LogP contribution in [0.3, 0.4) is 0 Å². The van der Waals surface area contributed by atoms with Crippen LogP contribution in [-0.4, -0.2) is 77.7 Å². The van der Waals surface area contributed by atoms with Gasteiger partial charge in [0, 0.05) is 50.1 Å². The first-order valence-corrected chi connectivity index (χ1v) is 9.79. The second-order valence-corrected chi connectivity index (χ2v) is 8.10. The van der Waals surface area contributed by atoms with Crippen LogP contribution in [0.5, 0.6) is 0 Å². The molecular weight excluding hydrogens is 348 g/mol. The molecule has 3 aliphatic heterocycles. The molecule has 1 spiro atoms. The minimum atomic E-state index is -0.00214. The maximum Gasteiger partial charge on any atom is 0.320 e. The fraction of sp³-hybridized carbons (Fsp3) is 0.737. The Balaban J connectivity index is 1.35. The molecule has 0 bridgehead atoms. The van der Waals surface area contributed by atoms with Crippen molar-refractivity contribution in [2.24, 2.45) is 5.41 Å². The maximum atomic E-state index is 12.7. The lowest BCUT2D eigenvalue weighted by Crippen LogP contribution is -2.52. The van der Waals surface area contributed by atoms with Crippen molar-refractivity contribution in [2.75, 3.05) is 45.9 Å². The smallest absolute Gasteiger partial charge is 0.320 e. The van der Waals surface area contributed by atoms with Crippen LogP contribution in [0.25, 0.3) is 0 Å². The van der Waals surface area contributed by atoms with Gasteiger partial charge in [-0.15, -0.1) is 0 Å². The summed E-state index contributed by atoms with van der Waals surface area (Å²) < 4.78 is 10.6. The Morgan fingerprint density at radius 1 is 1.11 bits per heavy atom. The van der Waals surface area contributed by atoms with Gasteiger partial charge in [-0.1, -0.05) is 5.16 Å². The molecule has 27 heavy (non-hydrogen) atoms. The quantitative estimate of drug-likeness (QED) is 0.783. The number of hydrogen-bond donors (Lipinski definition) is 0. The van der Waals surface area contributed by atoms with Crippen LogP contribution in [0.2, 0.25) is 0 Å². The zero-order chi connectivity index (χ0) is 19.0. The lowest BCUT2D eigenvalue weighted by atomic mass is 9.77. The number of carbonyl (C=O) groups is 2. The molecule has 1 aromatic heterocycles. The summed E-state index contributed by atoms with van der Waals surface area (Å²) in [6.07, 6.45) is 2.34. The summed E-state index contributed by atoms with van der Waals surface area (Å²) in [6, 6.07) is 0.116. The van der Waals surface area contributed by atoms with Crippen LogP contribution in [0.15, 0.2) is 4.52 Å². The molecule has 148 valence electrons. The van der Waals surface area contributed by atoms with Gasteiger partial charge in [-0.3, -0.25) is 4.79 Å². The molecule has 0 radical (unpaired) electrons. The van der Waals surface area contributed by atoms with E-state index in [1.807, 2.05) is 28.5 Å². The second-order valence-electron chi connectivity index (χ2n) is 8.10. The zero-order valence-electron chi connectivity index (χ0n) is 16.2. The molecular formula is C19H28N4O4. The summed E-state index contributed by atoms with van der Waals surface area (Å²) >= 11 is 0. The Bertz CT molecular complexity index is 698. The molecule has 4 rings (SSSR count). The highest BCUT2D eigenvalue weighted by Gasteiger charge is 2.46. The van der Waals surface area contributed by atoms with Gasteiger partial charge in [-0.25, -0.2) is 4.79 Å². The van der Waals surface area contributed by atoms with Gasteiger partial charge in [0.25, 0.3) is 0 Å². The molecule has 0 atom stereocenters. The molecule has 3 amide bonds. The van der Waals surface area contributed by atoms with Gasteiger partial charge >= 0.3 is 6.03 Å². The normalized spacial score (nSPS) is 22.7. The van der Waals surface area contributed by atoms with Gasteiger partial charge in [0.2, 0.25) is 5.91 Å². The van der Waals surface area contributed by atoms with Crippen LogP contribution < -0.4 is 0 Å². The van der Waals surface area contributed by atoms with E-state index < -0.39 is 0 Å². The standard InChI is InChI=1S/C19H28N4O4/c1-14-16(15(2)27-20-14)12-23-13-19(11-17(23)24)3-5-21(6-4-19)18(25)22-7-9-26-10-8-22/h3-13H2,1-2H3. The molecule has 4 heterocycles. The van der Waals surface area contributed by atoms with Crippen LogP contribution >= 0.6 is 0 Å². The SMILES string of the molecule is Cc1noc(C)c1CN1CC2(CCN(C(=O)N3CCOCC3)CC2)CC1=O. The molecule has 0 N–H and O–H groups in total. The third kappa shape index (κ3) is 3.54. The van der Waals surface area contributed by atoms with Gasteiger partial charge in [-0.05, 0) is 26.7 Å². The van der Waals surface area contributed by atoms with E-state index in [1.54, 1.807) is 0 Å². The fourth-order valence-corrected chi connectivity index (χ4v) is 4.51. The predicted octanol–water partition coefficient (Wildman–Crippen LogP) is 1.56. The molecule has 3 aliphatic rings. The summed E-state index contributed by atoms with van der Waals surface area (Å²) in [5.41, 5.74) is 1.87. The number of likely N-dealkylation sites (tertiary alicyclic amines) is 2. The molecule has 3 saturated heterocycles. The molecule has 3 fully saturated rings. The maximum absolute atomic E-state index is 12.7. The minimum absolute atomic E-state index is 0.00214. The summed E-state index contributed by atoms with van der Waals surface area (Å²) in [6.45, 7) is 9.16. The van der Waals surface area contributed by atoms with E-state index in [1.165, 1.54) is 0 Å². The van der Waals surface area contributed by atoms with E-state index in [0.717, 1.165) is 49.5 Å². The first-order valence-electron chi connectivity index (χ1n) is 9.79. The number of rotatable bonds is 2. The molecule has 0 saturated carbocycles. The van der Waals surface area contributed by atoms with Crippen LogP contribution in [0.4, 0.5) is 4.79 Å². The third-order valence-electron chi connectivity index (χ3n) is 6.31. The second kappa shape index (κ2) is 7.14. The number of morpholine rings is 1. The van der Waals surface area contributed by atoms with Gasteiger partial charge < -0.3 is 24.0 Å². The van der Waals surface area contributed by atoms with Crippen LogP contribution in [0, 0.1) is 19.3 Å². The number of piperidine rings is 1. The Morgan fingerprint density at radius 3 is 2.41 bits per heavy atom. The number of nitrogens with zero attached hydrogens (tertiary/aromatic N) is 4. The van der Waals surface area contributed by atoms with E-state index in [4.69, 9.17) is 9.26 Å². The minimum Gasteiger partial charge on any atom is -0.378 e. The number of ether oxygens (including phenoxy) is 1. The largest absolute Gasteiger partial charge is 0.378 e. The van der Waals surface area contributed by atoms with E-state index in [-0.39, 0.29) is 17.4 Å². The van der Waals surface area contributed by atoms with Gasteiger partial charge in [0.05, 0.1) is 25.5 Å². The Morgan fingerprint density at radius 2 is 1.78 bits per heavy atom. The summed E-state index contributed by atoms with van der Waals surface area (Å²) in [4.78, 5) is 31.1. The molecule has 0 aliphatic carbocycles. The molecule has 1 aromatic rings. The van der Waals surface area contributed by atoms with E-state index in [9.17, 15) is 9.59 Å². The van der Waals surface area contributed by atoms with Crippen LogP contribution in [-0.2, 0) is 16.1 Å². The van der Waals surface area contributed by atoms with E-state index in [0.29, 0.717) is 39.3 Å². The number of aryl methyl sites for hydroxylation is 2. The average Bonchev–Trinajstić information content (AvgIpc) is 3.16. The Hall–Kier alpha value is -2.09. The third-order valence-corrected chi connectivity index (χ3v) is 6.31. The van der Waals surface area contributed by atoms with Crippen LogP contribution in [0.1, 0.15) is 36.3 Å². The van der Waals surface area contributed by atoms with Crippen molar-refractivity contribution in [1.82, 2.24) is 19.9 Å². The fourth-order valence-electron chi connectivity index (χ4n) is 4.51. The highest BCUT2D eigenvalue weighted by molar-refractivity contribution is 5.80. The van der Waals surface area contributed by atoms with Crippen molar-refractivity contribution >= 4 is 11.9 Å². The van der Waals surface area contributed by atoms with E-state index >= 15 is 0 Å². The summed E-state index contributed by atoms with van der Waals surface area (Å²) in [7, 11) is 0. The molecule has 0 unspecified atom stereocenters. The average molecular weight is 376 g/mol. The number of urea groups is 1. The summed E-state index contributed by atoms with van der Waals surface area (Å²) in [5.74, 6) is 0.982. The Kier molecular flexibility index (Phi) is 4.84. The molecule has 8 nitrogen and oxygen atoms in total. The van der Waals surface area contributed by atoms with Gasteiger partial charge in [0.15, 0.2) is 0 Å². The van der Waals surface area contributed by atoms with Crippen molar-refractivity contribution < 1.29 is 18.8 Å². The van der Waals surface area contributed by atoms with Gasteiger partial charge in [0.1, 0.15) is 5.76 Å². The Labute approximate surface area is 159 Å². The predicted molar refractivity (Wildman–Crippen MR) is 97.0 cm³/mol. The monoisotopic (exact) mass is 376 g/mol. The summed E-state index contributed by atoms with van der Waals surface area (Å²) in [5, 5.41) is 3.99. The molecule has 8 heteroatoms. The van der Waals surface area contributed by atoms with Crippen molar-refractivity contribution in [3.63, 3.8) is 0 Å². The van der Waals surface area contributed by atoms with Crippen molar-refractivity contribution in [1.29, 1.82) is 0 Å². The first-order chi connectivity index (χ1) is 13.0. The van der Waals surface area contributed by atoms with Gasteiger partial charge in [-0.2, -0.15) is 0 Å². The lowest BCUT2D eigenvalue weighted by Gasteiger charge is -2.41. The van der Waals surface area contributed by atoms with Crippen molar-refractivity contribution in [3.8, 4) is 0 Å². The van der Waals surface area contributed by atoms with Crippen molar-refractivity contribution in [2.45, 2.75) is 39.7 Å². The van der Waals surface area contributed by atoms with Crippen molar-refractivity contribution in [3.05, 3.63) is 17.0 Å². The lowest BCUT2D eigenvalue weighted by molar-refractivity contribution is -0.128.